The Bertz CT molecular complexity index is 253. The van der Waals surface area contributed by atoms with Crippen molar-refractivity contribution in [2.45, 2.75) is 32.3 Å². The van der Waals surface area contributed by atoms with E-state index in [1.54, 1.807) is 0 Å². The lowest BCUT2D eigenvalue weighted by Crippen LogP contribution is -2.22. The molecular formula is C9H13ClOS. The van der Waals surface area contributed by atoms with Gasteiger partial charge in [0.05, 0.1) is 15.5 Å². The predicted molar refractivity (Wildman–Crippen MR) is 53.8 cm³/mol. The molecule has 0 aliphatic heterocycles. The van der Waals surface area contributed by atoms with Crippen LogP contribution in [0.2, 0.25) is 5.02 Å². The van der Waals surface area contributed by atoms with Gasteiger partial charge in [-0.1, -0.05) is 25.4 Å². The summed E-state index contributed by atoms with van der Waals surface area (Å²) in [4.78, 5) is 0.897. The second-order valence-electron chi connectivity index (χ2n) is 2.84. The van der Waals surface area contributed by atoms with Gasteiger partial charge in [0.25, 0.3) is 0 Å². The number of hydrogen-bond acceptors (Lipinski definition) is 2. The van der Waals surface area contributed by atoms with E-state index in [2.05, 4.69) is 0 Å². The zero-order valence-corrected chi connectivity index (χ0v) is 8.87. The van der Waals surface area contributed by atoms with Crippen molar-refractivity contribution in [1.29, 1.82) is 0 Å². The molecule has 1 rings (SSSR count). The third-order valence-corrected chi connectivity index (χ3v) is 3.74. The van der Waals surface area contributed by atoms with Crippen LogP contribution < -0.4 is 0 Å². The fourth-order valence-electron chi connectivity index (χ4n) is 1.20. The van der Waals surface area contributed by atoms with Gasteiger partial charge in [-0.05, 0) is 24.3 Å². The molecule has 68 valence electrons. The molecule has 0 fully saturated rings. The maximum Gasteiger partial charge on any atom is 0.0997 e. The molecule has 0 saturated carbocycles. The first-order chi connectivity index (χ1) is 5.64. The third-order valence-electron chi connectivity index (χ3n) is 2.21. The fourth-order valence-corrected chi connectivity index (χ4v) is 2.67. The maximum absolute atomic E-state index is 10.1. The second-order valence-corrected chi connectivity index (χ2v) is 4.16. The Morgan fingerprint density at radius 3 is 2.42 bits per heavy atom. The van der Waals surface area contributed by atoms with Crippen LogP contribution in [-0.4, -0.2) is 5.11 Å². The van der Waals surface area contributed by atoms with Gasteiger partial charge in [-0.3, -0.25) is 0 Å². The van der Waals surface area contributed by atoms with E-state index in [1.807, 2.05) is 25.3 Å². The van der Waals surface area contributed by atoms with Crippen LogP contribution in [0.4, 0.5) is 0 Å². The molecule has 1 N–H and O–H groups in total. The Morgan fingerprint density at radius 1 is 1.50 bits per heavy atom. The number of aliphatic hydroxyl groups is 1. The molecule has 1 heterocycles. The number of halogens is 1. The molecule has 0 bridgehead atoms. The molecule has 1 nitrogen and oxygen atoms in total. The van der Waals surface area contributed by atoms with Crippen molar-refractivity contribution in [3.63, 3.8) is 0 Å². The summed E-state index contributed by atoms with van der Waals surface area (Å²) in [6, 6.07) is 1.83. The summed E-state index contributed by atoms with van der Waals surface area (Å²) in [7, 11) is 0. The van der Waals surface area contributed by atoms with Crippen LogP contribution in [0.25, 0.3) is 0 Å². The van der Waals surface area contributed by atoms with Crippen molar-refractivity contribution in [3.8, 4) is 0 Å². The highest BCUT2D eigenvalue weighted by Gasteiger charge is 2.28. The van der Waals surface area contributed by atoms with Gasteiger partial charge in [-0.15, -0.1) is 11.3 Å². The molecule has 0 saturated heterocycles. The van der Waals surface area contributed by atoms with Crippen molar-refractivity contribution < 1.29 is 5.11 Å². The number of rotatable bonds is 3. The minimum atomic E-state index is -0.717. The SMILES string of the molecule is CCC(O)(CC)c1sccc1Cl. The van der Waals surface area contributed by atoms with Crippen molar-refractivity contribution in [2.75, 3.05) is 0 Å². The molecule has 3 heteroatoms. The molecule has 0 spiro atoms. The van der Waals surface area contributed by atoms with Crippen LogP contribution >= 0.6 is 22.9 Å². The number of hydrogen-bond donors (Lipinski definition) is 1. The van der Waals surface area contributed by atoms with E-state index < -0.39 is 5.60 Å². The summed E-state index contributed by atoms with van der Waals surface area (Å²) in [5, 5.41) is 12.7. The van der Waals surface area contributed by atoms with Crippen LogP contribution in [0.15, 0.2) is 11.4 Å². The molecule has 1 aromatic heterocycles. The van der Waals surface area contributed by atoms with Crippen molar-refractivity contribution in [2.24, 2.45) is 0 Å². The second kappa shape index (κ2) is 3.77. The van der Waals surface area contributed by atoms with E-state index in [4.69, 9.17) is 11.6 Å². The highest BCUT2D eigenvalue weighted by atomic mass is 35.5. The topological polar surface area (TPSA) is 20.2 Å². The molecular weight excluding hydrogens is 192 g/mol. The molecule has 0 unspecified atom stereocenters. The van der Waals surface area contributed by atoms with Gasteiger partial charge >= 0.3 is 0 Å². The summed E-state index contributed by atoms with van der Waals surface area (Å²) in [6.45, 7) is 3.94. The highest BCUT2D eigenvalue weighted by molar-refractivity contribution is 7.10. The zero-order chi connectivity index (χ0) is 9.19. The van der Waals surface area contributed by atoms with Gasteiger partial charge in [-0.25, -0.2) is 0 Å². The van der Waals surface area contributed by atoms with Gasteiger partial charge < -0.3 is 5.11 Å². The van der Waals surface area contributed by atoms with Gasteiger partial charge in [0.1, 0.15) is 0 Å². The van der Waals surface area contributed by atoms with Gasteiger partial charge in [0, 0.05) is 0 Å². The number of thiophene rings is 1. The van der Waals surface area contributed by atoms with E-state index in [0.29, 0.717) is 17.9 Å². The van der Waals surface area contributed by atoms with Gasteiger partial charge in [-0.2, -0.15) is 0 Å². The first-order valence-electron chi connectivity index (χ1n) is 4.10. The molecule has 0 aliphatic rings. The van der Waals surface area contributed by atoms with E-state index >= 15 is 0 Å². The third kappa shape index (κ3) is 1.65. The zero-order valence-electron chi connectivity index (χ0n) is 7.30. The average Bonchev–Trinajstić information content (AvgIpc) is 2.51. The largest absolute Gasteiger partial charge is 0.384 e. The molecule has 0 atom stereocenters. The Morgan fingerprint density at radius 2 is 2.08 bits per heavy atom. The lowest BCUT2D eigenvalue weighted by molar-refractivity contribution is 0.0322. The Labute approximate surface area is 82.0 Å². The molecule has 12 heavy (non-hydrogen) atoms. The van der Waals surface area contributed by atoms with Crippen molar-refractivity contribution in [3.05, 3.63) is 21.3 Å². The lowest BCUT2D eigenvalue weighted by atomic mass is 9.96. The fraction of sp³-hybridized carbons (Fsp3) is 0.556. The first-order valence-corrected chi connectivity index (χ1v) is 5.35. The van der Waals surface area contributed by atoms with Crippen LogP contribution in [0, 0.1) is 0 Å². The standard InChI is InChI=1S/C9H13ClOS/c1-3-9(11,4-2)8-7(10)5-6-12-8/h5-6,11H,3-4H2,1-2H3. The van der Waals surface area contributed by atoms with E-state index in [-0.39, 0.29) is 0 Å². The monoisotopic (exact) mass is 204 g/mol. The quantitative estimate of drug-likeness (QED) is 0.800. The highest BCUT2D eigenvalue weighted by Crippen LogP contribution is 2.37. The predicted octanol–water partition coefficient (Wildman–Crippen LogP) is 3.41. The van der Waals surface area contributed by atoms with Crippen molar-refractivity contribution in [1.82, 2.24) is 0 Å². The molecule has 0 amide bonds. The molecule has 0 radical (unpaired) electrons. The van der Waals surface area contributed by atoms with Crippen LogP contribution in [-0.2, 0) is 5.60 Å². The molecule has 0 aromatic carbocycles. The Hall–Kier alpha value is -0.0500. The van der Waals surface area contributed by atoms with Crippen LogP contribution in [0.1, 0.15) is 31.6 Å². The maximum atomic E-state index is 10.1. The molecule has 1 aromatic rings. The lowest BCUT2D eigenvalue weighted by Gasteiger charge is -2.24. The smallest absolute Gasteiger partial charge is 0.0997 e. The first kappa shape index (κ1) is 10.0. The minimum Gasteiger partial charge on any atom is -0.384 e. The summed E-state index contributed by atoms with van der Waals surface area (Å²) in [5.74, 6) is 0. The summed E-state index contributed by atoms with van der Waals surface area (Å²) >= 11 is 7.46. The minimum absolute atomic E-state index is 0.686. The summed E-state index contributed by atoms with van der Waals surface area (Å²) in [6.07, 6.45) is 1.42. The Balaban J connectivity index is 3.02. The van der Waals surface area contributed by atoms with E-state index in [9.17, 15) is 5.11 Å². The normalized spacial score (nSPS) is 12.0. The average molecular weight is 205 g/mol. The molecule has 0 aliphatic carbocycles. The van der Waals surface area contributed by atoms with E-state index in [0.717, 1.165) is 4.88 Å². The van der Waals surface area contributed by atoms with Gasteiger partial charge in [0.15, 0.2) is 0 Å². The van der Waals surface area contributed by atoms with Crippen molar-refractivity contribution >= 4 is 22.9 Å². The van der Waals surface area contributed by atoms with Crippen LogP contribution in [0.5, 0.6) is 0 Å². The van der Waals surface area contributed by atoms with Gasteiger partial charge in [0.2, 0.25) is 0 Å². The summed E-state index contributed by atoms with van der Waals surface area (Å²) < 4.78 is 0. The van der Waals surface area contributed by atoms with Crippen LogP contribution in [0.3, 0.4) is 0 Å². The van der Waals surface area contributed by atoms with E-state index in [1.165, 1.54) is 11.3 Å². The summed E-state index contributed by atoms with van der Waals surface area (Å²) in [5.41, 5.74) is -0.717. The Kier molecular flexibility index (Phi) is 3.16.